The molecule has 0 aliphatic rings. The molecule has 1 amide bonds. The third kappa shape index (κ3) is 5.07. The van der Waals surface area contributed by atoms with Crippen LogP contribution in [-0.2, 0) is 10.2 Å². The highest BCUT2D eigenvalue weighted by Crippen LogP contribution is 2.36. The highest BCUT2D eigenvalue weighted by atomic mass is 16.5. The molecule has 0 bridgehead atoms. The molecule has 34 heavy (non-hydrogen) atoms. The first-order valence-electron chi connectivity index (χ1n) is 11.5. The van der Waals surface area contributed by atoms with E-state index in [2.05, 4.69) is 38.2 Å². The Labute approximate surface area is 201 Å². The Morgan fingerprint density at radius 2 is 1.65 bits per heavy atom. The first-order valence-corrected chi connectivity index (χ1v) is 11.5. The van der Waals surface area contributed by atoms with Crippen LogP contribution < -0.4 is 10.1 Å². The van der Waals surface area contributed by atoms with Gasteiger partial charge < -0.3 is 15.2 Å². The zero-order valence-electron chi connectivity index (χ0n) is 20.1. The molecule has 0 saturated heterocycles. The minimum absolute atomic E-state index is 0.110. The summed E-state index contributed by atoms with van der Waals surface area (Å²) in [6.45, 7) is 8.26. The lowest BCUT2D eigenvalue weighted by atomic mass is 9.86. The molecule has 4 rings (SSSR count). The number of phenols is 1. The van der Waals surface area contributed by atoms with Crippen molar-refractivity contribution in [1.29, 1.82) is 0 Å². The van der Waals surface area contributed by atoms with Gasteiger partial charge in [0.05, 0.1) is 6.04 Å². The van der Waals surface area contributed by atoms with Crippen molar-refractivity contribution in [1.82, 2.24) is 5.32 Å². The molecule has 1 atom stereocenters. The summed E-state index contributed by atoms with van der Waals surface area (Å²) in [6.07, 6.45) is 0. The highest BCUT2D eigenvalue weighted by molar-refractivity contribution is 5.89. The zero-order chi connectivity index (χ0) is 24.3. The van der Waals surface area contributed by atoms with Crippen LogP contribution in [0.15, 0.2) is 84.9 Å². The van der Waals surface area contributed by atoms with Gasteiger partial charge in [-0.2, -0.15) is 0 Å². The molecule has 4 aromatic rings. The van der Waals surface area contributed by atoms with E-state index < -0.39 is 6.04 Å². The standard InChI is InChI=1S/C30H31NO3/c1-20-14-16-24(30(2,3)4)26(18-20)34-19-27(33)31-29(22-11-6-5-7-12-22)28-23-13-9-8-10-21(23)15-17-25(28)32/h5-18,29,32H,19H2,1-4H3,(H,31,33). The summed E-state index contributed by atoms with van der Waals surface area (Å²) < 4.78 is 6.02. The number of benzene rings is 4. The Kier molecular flexibility index (Phi) is 6.60. The molecule has 4 nitrogen and oxygen atoms in total. The molecule has 0 radical (unpaired) electrons. The summed E-state index contributed by atoms with van der Waals surface area (Å²) in [7, 11) is 0. The third-order valence-corrected chi connectivity index (χ3v) is 5.98. The van der Waals surface area contributed by atoms with E-state index in [1.165, 1.54) is 0 Å². The number of nitrogens with one attached hydrogen (secondary N) is 1. The summed E-state index contributed by atoms with van der Waals surface area (Å²) >= 11 is 0. The molecule has 0 aromatic heterocycles. The van der Waals surface area contributed by atoms with Gasteiger partial charge in [0.2, 0.25) is 0 Å². The number of hydrogen-bond donors (Lipinski definition) is 2. The Bertz CT molecular complexity index is 1310. The first kappa shape index (κ1) is 23.4. The Hall–Kier alpha value is -3.79. The predicted octanol–water partition coefficient (Wildman–Crippen LogP) is 6.44. The van der Waals surface area contributed by atoms with E-state index in [0.29, 0.717) is 11.3 Å². The van der Waals surface area contributed by atoms with E-state index in [1.54, 1.807) is 6.07 Å². The first-order chi connectivity index (χ1) is 16.2. The molecule has 0 fully saturated rings. The van der Waals surface area contributed by atoms with Crippen molar-refractivity contribution in [3.63, 3.8) is 0 Å². The normalized spacial score (nSPS) is 12.4. The van der Waals surface area contributed by atoms with E-state index in [9.17, 15) is 9.90 Å². The summed E-state index contributed by atoms with van der Waals surface area (Å²) in [6, 6.07) is 26.7. The number of aryl methyl sites for hydroxylation is 1. The average Bonchev–Trinajstić information content (AvgIpc) is 2.81. The molecule has 4 aromatic carbocycles. The monoisotopic (exact) mass is 453 g/mol. The van der Waals surface area contributed by atoms with Crippen LogP contribution in [0.25, 0.3) is 10.8 Å². The van der Waals surface area contributed by atoms with Crippen LogP contribution >= 0.6 is 0 Å². The zero-order valence-corrected chi connectivity index (χ0v) is 20.1. The van der Waals surface area contributed by atoms with Crippen molar-refractivity contribution in [2.45, 2.75) is 39.2 Å². The number of hydrogen-bond acceptors (Lipinski definition) is 3. The molecule has 2 N–H and O–H groups in total. The minimum Gasteiger partial charge on any atom is -0.508 e. The molecule has 0 aliphatic heterocycles. The second-order valence-electron chi connectivity index (χ2n) is 9.67. The molecule has 4 heteroatoms. The van der Waals surface area contributed by atoms with Gasteiger partial charge in [0, 0.05) is 5.56 Å². The van der Waals surface area contributed by atoms with Gasteiger partial charge in [0.15, 0.2) is 6.61 Å². The van der Waals surface area contributed by atoms with Crippen molar-refractivity contribution in [2.24, 2.45) is 0 Å². The Balaban J connectivity index is 1.65. The quantitative estimate of drug-likeness (QED) is 0.353. The minimum atomic E-state index is -0.525. The van der Waals surface area contributed by atoms with Gasteiger partial charge in [-0.25, -0.2) is 0 Å². The fraction of sp³-hybridized carbons (Fsp3) is 0.233. The van der Waals surface area contributed by atoms with Crippen molar-refractivity contribution in [2.75, 3.05) is 6.61 Å². The van der Waals surface area contributed by atoms with Crippen LogP contribution in [0.4, 0.5) is 0 Å². The van der Waals surface area contributed by atoms with Gasteiger partial charge in [-0.05, 0) is 51.9 Å². The van der Waals surface area contributed by atoms with Crippen LogP contribution in [0.3, 0.4) is 0 Å². The van der Waals surface area contributed by atoms with Gasteiger partial charge in [-0.1, -0.05) is 93.6 Å². The number of amides is 1. The fourth-order valence-corrected chi connectivity index (χ4v) is 4.27. The summed E-state index contributed by atoms with van der Waals surface area (Å²) in [5, 5.41) is 15.8. The number of rotatable bonds is 6. The lowest BCUT2D eigenvalue weighted by molar-refractivity contribution is -0.123. The molecule has 0 saturated carbocycles. The average molecular weight is 454 g/mol. The third-order valence-electron chi connectivity index (χ3n) is 5.98. The van der Waals surface area contributed by atoms with Gasteiger partial charge in [0.1, 0.15) is 11.5 Å². The highest BCUT2D eigenvalue weighted by Gasteiger charge is 2.24. The van der Waals surface area contributed by atoms with Crippen LogP contribution in [-0.4, -0.2) is 17.6 Å². The molecule has 1 unspecified atom stereocenters. The summed E-state index contributed by atoms with van der Waals surface area (Å²) in [5.74, 6) is 0.594. The van der Waals surface area contributed by atoms with Crippen molar-refractivity contribution >= 4 is 16.7 Å². The van der Waals surface area contributed by atoms with Crippen LogP contribution in [0.2, 0.25) is 0 Å². The second kappa shape index (κ2) is 9.60. The molecule has 174 valence electrons. The van der Waals surface area contributed by atoms with Crippen LogP contribution in [0.1, 0.15) is 49.1 Å². The molecular formula is C30H31NO3. The van der Waals surface area contributed by atoms with Gasteiger partial charge in [-0.3, -0.25) is 4.79 Å². The van der Waals surface area contributed by atoms with Gasteiger partial charge in [0.25, 0.3) is 5.91 Å². The molecule has 0 spiro atoms. The van der Waals surface area contributed by atoms with Crippen LogP contribution in [0.5, 0.6) is 11.5 Å². The number of aromatic hydroxyl groups is 1. The van der Waals surface area contributed by atoms with Crippen molar-refractivity contribution in [3.8, 4) is 11.5 Å². The Morgan fingerprint density at radius 1 is 0.941 bits per heavy atom. The van der Waals surface area contributed by atoms with E-state index >= 15 is 0 Å². The SMILES string of the molecule is Cc1ccc(C(C)(C)C)c(OCC(=O)NC(c2ccccc2)c2c(O)ccc3ccccc23)c1. The molecule has 0 heterocycles. The fourth-order valence-electron chi connectivity index (χ4n) is 4.27. The van der Waals surface area contributed by atoms with Crippen molar-refractivity contribution in [3.05, 3.63) is 107 Å². The number of carbonyl (C=O) groups excluding carboxylic acids is 1. The van der Waals surface area contributed by atoms with Gasteiger partial charge in [-0.15, -0.1) is 0 Å². The lowest BCUT2D eigenvalue weighted by Gasteiger charge is -2.24. The maximum Gasteiger partial charge on any atom is 0.258 e. The van der Waals surface area contributed by atoms with E-state index in [4.69, 9.17) is 4.74 Å². The predicted molar refractivity (Wildman–Crippen MR) is 137 cm³/mol. The molecular weight excluding hydrogens is 422 g/mol. The number of fused-ring (bicyclic) bond motifs is 1. The topological polar surface area (TPSA) is 58.6 Å². The second-order valence-corrected chi connectivity index (χ2v) is 9.67. The molecule has 0 aliphatic carbocycles. The number of carbonyl (C=O) groups is 1. The van der Waals surface area contributed by atoms with E-state index in [1.807, 2.05) is 73.7 Å². The van der Waals surface area contributed by atoms with E-state index in [0.717, 1.165) is 27.5 Å². The number of phenolic OH excluding ortho intramolecular Hbond substituents is 1. The maximum absolute atomic E-state index is 13.1. The lowest BCUT2D eigenvalue weighted by Crippen LogP contribution is -2.33. The summed E-state index contributed by atoms with van der Waals surface area (Å²) in [4.78, 5) is 13.1. The van der Waals surface area contributed by atoms with E-state index in [-0.39, 0.29) is 23.7 Å². The van der Waals surface area contributed by atoms with Gasteiger partial charge >= 0.3 is 0 Å². The van der Waals surface area contributed by atoms with Crippen LogP contribution in [0, 0.1) is 6.92 Å². The van der Waals surface area contributed by atoms with Crippen molar-refractivity contribution < 1.29 is 14.6 Å². The summed E-state index contributed by atoms with van der Waals surface area (Å²) in [5.41, 5.74) is 3.57. The number of ether oxygens (including phenoxy) is 1. The largest absolute Gasteiger partial charge is 0.508 e. The maximum atomic E-state index is 13.1. The smallest absolute Gasteiger partial charge is 0.258 e. The Morgan fingerprint density at radius 3 is 2.38 bits per heavy atom.